The first kappa shape index (κ1) is 12.5. The van der Waals surface area contributed by atoms with Crippen LogP contribution in [0.2, 0.25) is 0 Å². The number of aromatic nitrogens is 2. The second kappa shape index (κ2) is 5.14. The molecule has 0 spiro atoms. The Kier molecular flexibility index (Phi) is 3.79. The van der Waals surface area contributed by atoms with Crippen molar-refractivity contribution in [3.63, 3.8) is 0 Å². The van der Waals surface area contributed by atoms with Gasteiger partial charge in [-0.25, -0.2) is 4.98 Å². The molecule has 1 aromatic carbocycles. The number of halogens is 1. The van der Waals surface area contributed by atoms with Gasteiger partial charge in [-0.15, -0.1) is 11.8 Å². The van der Waals surface area contributed by atoms with Crippen LogP contribution in [0.15, 0.2) is 33.8 Å². The summed E-state index contributed by atoms with van der Waals surface area (Å²) in [6.07, 6.45) is 0. The van der Waals surface area contributed by atoms with Crippen LogP contribution in [0.5, 0.6) is 0 Å². The van der Waals surface area contributed by atoms with Gasteiger partial charge < -0.3 is 10.3 Å². The van der Waals surface area contributed by atoms with E-state index in [1.165, 1.54) is 4.90 Å². The van der Waals surface area contributed by atoms with Gasteiger partial charge in [0, 0.05) is 17.5 Å². The zero-order valence-electron chi connectivity index (χ0n) is 9.77. The lowest BCUT2D eigenvalue weighted by Gasteiger charge is -2.01. The molecule has 3 nitrogen and oxygen atoms in total. The van der Waals surface area contributed by atoms with Gasteiger partial charge >= 0.3 is 0 Å². The van der Waals surface area contributed by atoms with E-state index in [1.54, 1.807) is 0 Å². The molecular weight excluding hydrogens is 298 g/mol. The third kappa shape index (κ3) is 2.50. The molecule has 2 N–H and O–H groups in total. The summed E-state index contributed by atoms with van der Waals surface area (Å²) in [6, 6.07) is 8.37. The highest BCUT2D eigenvalue weighted by molar-refractivity contribution is 9.10. The van der Waals surface area contributed by atoms with Crippen molar-refractivity contribution in [3.05, 3.63) is 28.9 Å². The molecule has 1 heterocycles. The molecule has 1 aromatic heterocycles. The number of imidazole rings is 1. The third-order valence-electron chi connectivity index (χ3n) is 2.50. The SMILES string of the molecule is CCSc1ccc(-c2nc(N)n(C)c2Br)cc1. The first-order chi connectivity index (χ1) is 8.13. The van der Waals surface area contributed by atoms with E-state index in [2.05, 4.69) is 52.1 Å². The van der Waals surface area contributed by atoms with E-state index < -0.39 is 0 Å². The van der Waals surface area contributed by atoms with Crippen LogP contribution < -0.4 is 5.73 Å². The van der Waals surface area contributed by atoms with Crippen LogP contribution in [0.25, 0.3) is 11.3 Å². The van der Waals surface area contributed by atoms with Crippen LogP contribution in [0.3, 0.4) is 0 Å². The van der Waals surface area contributed by atoms with E-state index in [-0.39, 0.29) is 0 Å². The molecule has 0 saturated heterocycles. The van der Waals surface area contributed by atoms with Gasteiger partial charge in [0.1, 0.15) is 10.3 Å². The van der Waals surface area contributed by atoms with Crippen molar-refractivity contribution in [2.45, 2.75) is 11.8 Å². The van der Waals surface area contributed by atoms with Gasteiger partial charge in [-0.05, 0) is 33.8 Å². The first-order valence-electron chi connectivity index (χ1n) is 5.34. The molecule has 0 aliphatic carbocycles. The Hall–Kier alpha value is -0.940. The summed E-state index contributed by atoms with van der Waals surface area (Å²) in [5.74, 6) is 1.60. The van der Waals surface area contributed by atoms with Gasteiger partial charge in [0.05, 0.1) is 0 Å². The van der Waals surface area contributed by atoms with Crippen molar-refractivity contribution in [3.8, 4) is 11.3 Å². The van der Waals surface area contributed by atoms with Crippen molar-refractivity contribution >= 4 is 33.6 Å². The topological polar surface area (TPSA) is 43.8 Å². The summed E-state index contributed by atoms with van der Waals surface area (Å²) in [5.41, 5.74) is 7.73. The van der Waals surface area contributed by atoms with Crippen molar-refractivity contribution in [1.82, 2.24) is 9.55 Å². The Labute approximate surface area is 114 Å². The average molecular weight is 312 g/mol. The molecule has 0 radical (unpaired) electrons. The quantitative estimate of drug-likeness (QED) is 0.882. The molecule has 5 heteroatoms. The third-order valence-corrected chi connectivity index (χ3v) is 4.30. The Morgan fingerprint density at radius 1 is 1.35 bits per heavy atom. The largest absolute Gasteiger partial charge is 0.369 e. The van der Waals surface area contributed by atoms with Gasteiger partial charge in [-0.1, -0.05) is 19.1 Å². The summed E-state index contributed by atoms with van der Waals surface area (Å²) < 4.78 is 2.73. The van der Waals surface area contributed by atoms with Crippen LogP contribution in [0, 0.1) is 0 Å². The fraction of sp³-hybridized carbons (Fsp3) is 0.250. The maximum absolute atomic E-state index is 5.77. The lowest BCUT2D eigenvalue weighted by molar-refractivity contribution is 0.907. The lowest BCUT2D eigenvalue weighted by Crippen LogP contribution is -1.96. The highest BCUT2D eigenvalue weighted by Crippen LogP contribution is 2.30. The molecule has 17 heavy (non-hydrogen) atoms. The molecule has 0 bridgehead atoms. The molecular formula is C12H14BrN3S. The molecule has 0 aliphatic heterocycles. The Bertz CT molecular complexity index is 519. The van der Waals surface area contributed by atoms with E-state index in [0.29, 0.717) is 5.95 Å². The highest BCUT2D eigenvalue weighted by Gasteiger charge is 2.11. The van der Waals surface area contributed by atoms with Crippen LogP contribution in [0.1, 0.15) is 6.92 Å². The predicted octanol–water partition coefficient (Wildman–Crippen LogP) is 3.54. The molecule has 0 saturated carbocycles. The summed E-state index contributed by atoms with van der Waals surface area (Å²) in [5, 5.41) is 0. The smallest absolute Gasteiger partial charge is 0.201 e. The number of nitrogens with two attached hydrogens (primary N) is 1. The van der Waals surface area contributed by atoms with Crippen molar-refractivity contribution < 1.29 is 0 Å². The van der Waals surface area contributed by atoms with Crippen LogP contribution in [-0.4, -0.2) is 15.3 Å². The minimum atomic E-state index is 0.513. The second-order valence-corrected chi connectivity index (χ2v) is 5.71. The van der Waals surface area contributed by atoms with Gasteiger partial charge in [0.25, 0.3) is 0 Å². The number of hydrogen-bond acceptors (Lipinski definition) is 3. The van der Waals surface area contributed by atoms with Crippen LogP contribution in [-0.2, 0) is 7.05 Å². The Balaban J connectivity index is 2.36. The van der Waals surface area contributed by atoms with E-state index in [0.717, 1.165) is 21.6 Å². The lowest BCUT2D eigenvalue weighted by atomic mass is 10.2. The second-order valence-electron chi connectivity index (χ2n) is 3.63. The maximum Gasteiger partial charge on any atom is 0.201 e. The summed E-state index contributed by atoms with van der Waals surface area (Å²) in [6.45, 7) is 2.15. The number of thioether (sulfide) groups is 1. The van der Waals surface area contributed by atoms with Gasteiger partial charge in [0.2, 0.25) is 5.95 Å². The first-order valence-corrected chi connectivity index (χ1v) is 7.12. The fourth-order valence-corrected chi connectivity index (χ4v) is 2.72. The Morgan fingerprint density at radius 2 is 2.00 bits per heavy atom. The highest BCUT2D eigenvalue weighted by atomic mass is 79.9. The summed E-state index contributed by atoms with van der Waals surface area (Å²) in [4.78, 5) is 5.62. The summed E-state index contributed by atoms with van der Waals surface area (Å²) in [7, 11) is 1.89. The molecule has 0 amide bonds. The fourth-order valence-electron chi connectivity index (χ4n) is 1.55. The Morgan fingerprint density at radius 3 is 2.47 bits per heavy atom. The zero-order valence-corrected chi connectivity index (χ0v) is 12.2. The van der Waals surface area contributed by atoms with Gasteiger partial charge in [-0.3, -0.25) is 0 Å². The van der Waals surface area contributed by atoms with E-state index in [9.17, 15) is 0 Å². The predicted molar refractivity (Wildman–Crippen MR) is 77.2 cm³/mol. The van der Waals surface area contributed by atoms with E-state index in [4.69, 9.17) is 5.73 Å². The molecule has 2 aromatic rings. The zero-order chi connectivity index (χ0) is 12.4. The van der Waals surface area contributed by atoms with Crippen molar-refractivity contribution in [2.75, 3.05) is 11.5 Å². The molecule has 0 aliphatic rings. The van der Waals surface area contributed by atoms with Gasteiger partial charge in [0.15, 0.2) is 0 Å². The molecule has 90 valence electrons. The minimum absolute atomic E-state index is 0.513. The number of nitrogens with zero attached hydrogens (tertiary/aromatic N) is 2. The molecule has 0 unspecified atom stereocenters. The monoisotopic (exact) mass is 311 g/mol. The average Bonchev–Trinajstić information content (AvgIpc) is 2.59. The number of nitrogen functional groups attached to an aromatic ring is 1. The summed E-state index contributed by atoms with van der Waals surface area (Å²) >= 11 is 5.33. The van der Waals surface area contributed by atoms with Crippen molar-refractivity contribution in [2.24, 2.45) is 7.05 Å². The molecule has 2 rings (SSSR count). The normalized spacial score (nSPS) is 10.8. The van der Waals surface area contributed by atoms with Gasteiger partial charge in [-0.2, -0.15) is 0 Å². The maximum atomic E-state index is 5.77. The van der Waals surface area contributed by atoms with Crippen LogP contribution >= 0.6 is 27.7 Å². The number of hydrogen-bond donors (Lipinski definition) is 1. The number of anilines is 1. The molecule has 0 atom stereocenters. The van der Waals surface area contributed by atoms with Crippen molar-refractivity contribution in [1.29, 1.82) is 0 Å². The number of benzene rings is 1. The van der Waals surface area contributed by atoms with E-state index >= 15 is 0 Å². The number of rotatable bonds is 3. The standard InChI is InChI=1S/C12H14BrN3S/c1-3-17-9-6-4-8(5-7-9)10-11(13)16(2)12(14)15-10/h4-7H,3H2,1-2H3,(H2,14,15). The minimum Gasteiger partial charge on any atom is -0.369 e. The van der Waals surface area contributed by atoms with E-state index in [1.807, 2.05) is 23.4 Å². The van der Waals surface area contributed by atoms with Crippen LogP contribution in [0.4, 0.5) is 5.95 Å². The molecule has 0 fully saturated rings.